The van der Waals surface area contributed by atoms with Crippen LogP contribution >= 0.6 is 11.6 Å². The number of nitro groups is 1. The summed E-state index contributed by atoms with van der Waals surface area (Å²) in [5.41, 5.74) is 0.0360. The predicted molar refractivity (Wildman–Crippen MR) is 55.6 cm³/mol. The fraction of sp³-hybridized carbons (Fsp3) is 0.125. The monoisotopic (exact) mass is 239 g/mol. The lowest BCUT2D eigenvalue weighted by Crippen LogP contribution is -1.99. The van der Waals surface area contributed by atoms with Crippen LogP contribution in [0.1, 0.15) is 5.69 Å². The van der Waals surface area contributed by atoms with E-state index in [-0.39, 0.29) is 16.5 Å². The molecule has 0 aliphatic heterocycles. The van der Waals surface area contributed by atoms with Crippen molar-refractivity contribution in [3.63, 3.8) is 0 Å². The molecule has 0 amide bonds. The standard InChI is InChI=1S/C8H6ClN5O2/c1-5-7(14(15)16)8(9)13(12-5)6-2-3-10-4-11-6/h2-4H,1H3. The first-order valence-electron chi connectivity index (χ1n) is 4.27. The molecular weight excluding hydrogens is 234 g/mol. The van der Waals surface area contributed by atoms with Crippen molar-refractivity contribution in [2.75, 3.05) is 0 Å². The van der Waals surface area contributed by atoms with Crippen molar-refractivity contribution in [2.24, 2.45) is 0 Å². The van der Waals surface area contributed by atoms with Gasteiger partial charge in [0.2, 0.25) is 5.15 Å². The zero-order valence-electron chi connectivity index (χ0n) is 8.16. The van der Waals surface area contributed by atoms with Gasteiger partial charge in [-0.25, -0.2) is 9.97 Å². The highest BCUT2D eigenvalue weighted by Gasteiger charge is 2.24. The molecule has 2 aromatic heterocycles. The summed E-state index contributed by atoms with van der Waals surface area (Å²) in [5.74, 6) is 0.385. The van der Waals surface area contributed by atoms with Gasteiger partial charge < -0.3 is 0 Å². The second-order valence-corrected chi connectivity index (χ2v) is 3.32. The highest BCUT2D eigenvalue weighted by Crippen LogP contribution is 2.29. The maximum absolute atomic E-state index is 10.7. The number of nitrogens with zero attached hydrogens (tertiary/aromatic N) is 5. The molecule has 0 radical (unpaired) electrons. The summed E-state index contributed by atoms with van der Waals surface area (Å²) in [6, 6.07) is 1.56. The smallest absolute Gasteiger partial charge is 0.258 e. The first-order valence-corrected chi connectivity index (χ1v) is 4.65. The SMILES string of the molecule is Cc1nn(-c2ccncn2)c(Cl)c1[N+](=O)[O-]. The van der Waals surface area contributed by atoms with E-state index < -0.39 is 4.92 Å². The molecule has 82 valence electrons. The van der Waals surface area contributed by atoms with Crippen LogP contribution in [0.4, 0.5) is 5.69 Å². The van der Waals surface area contributed by atoms with Crippen LogP contribution in [0.2, 0.25) is 5.15 Å². The molecule has 8 heteroatoms. The Kier molecular flexibility index (Phi) is 2.53. The van der Waals surface area contributed by atoms with Crippen LogP contribution < -0.4 is 0 Å². The van der Waals surface area contributed by atoms with Gasteiger partial charge in [-0.2, -0.15) is 9.78 Å². The third-order valence-corrected chi connectivity index (χ3v) is 2.28. The second-order valence-electron chi connectivity index (χ2n) is 2.96. The Morgan fingerprint density at radius 1 is 1.56 bits per heavy atom. The molecule has 0 aromatic carbocycles. The number of hydrogen-bond donors (Lipinski definition) is 0. The normalized spacial score (nSPS) is 10.4. The summed E-state index contributed by atoms with van der Waals surface area (Å²) < 4.78 is 1.21. The molecule has 0 fully saturated rings. The van der Waals surface area contributed by atoms with E-state index in [9.17, 15) is 10.1 Å². The molecule has 0 spiro atoms. The molecule has 16 heavy (non-hydrogen) atoms. The minimum absolute atomic E-state index is 0.0683. The molecule has 0 unspecified atom stereocenters. The van der Waals surface area contributed by atoms with Crippen molar-refractivity contribution in [2.45, 2.75) is 6.92 Å². The van der Waals surface area contributed by atoms with E-state index in [0.29, 0.717) is 5.82 Å². The topological polar surface area (TPSA) is 86.7 Å². The van der Waals surface area contributed by atoms with E-state index in [1.54, 1.807) is 6.07 Å². The number of rotatable bonds is 2. The summed E-state index contributed by atoms with van der Waals surface area (Å²) in [6.07, 6.45) is 2.82. The molecule has 0 aliphatic carbocycles. The molecule has 0 N–H and O–H groups in total. The minimum Gasteiger partial charge on any atom is -0.258 e. The summed E-state index contributed by atoms with van der Waals surface area (Å²) in [6.45, 7) is 1.52. The zero-order chi connectivity index (χ0) is 11.7. The van der Waals surface area contributed by atoms with Gasteiger partial charge in [0.05, 0.1) is 4.92 Å². The lowest BCUT2D eigenvalue weighted by molar-refractivity contribution is -0.385. The molecule has 0 saturated heterocycles. The van der Waals surface area contributed by atoms with Crippen molar-refractivity contribution in [3.8, 4) is 5.82 Å². The van der Waals surface area contributed by atoms with Crippen molar-refractivity contribution >= 4 is 17.3 Å². The van der Waals surface area contributed by atoms with Gasteiger partial charge in [0, 0.05) is 12.3 Å². The van der Waals surface area contributed by atoms with E-state index in [1.807, 2.05) is 0 Å². The Labute approximate surface area is 94.9 Å². The maximum Gasteiger partial charge on any atom is 0.329 e. The van der Waals surface area contributed by atoms with Gasteiger partial charge in [-0.1, -0.05) is 11.6 Å². The van der Waals surface area contributed by atoms with Crippen LogP contribution in [0.25, 0.3) is 5.82 Å². The average Bonchev–Trinajstić information content (AvgIpc) is 2.55. The molecule has 0 aliphatic rings. The van der Waals surface area contributed by atoms with Gasteiger partial charge in [0.1, 0.15) is 12.0 Å². The number of aromatic nitrogens is 4. The number of halogens is 1. The summed E-state index contributed by atoms with van der Waals surface area (Å²) in [5, 5.41) is 14.6. The third kappa shape index (κ3) is 1.61. The van der Waals surface area contributed by atoms with Gasteiger partial charge in [-0.3, -0.25) is 10.1 Å². The lowest BCUT2D eigenvalue weighted by atomic mass is 10.4. The average molecular weight is 240 g/mol. The highest BCUT2D eigenvalue weighted by molar-refractivity contribution is 6.32. The molecule has 0 saturated carbocycles. The molecule has 0 atom stereocenters. The largest absolute Gasteiger partial charge is 0.329 e. The summed E-state index contributed by atoms with van der Waals surface area (Å²) in [4.78, 5) is 17.8. The van der Waals surface area contributed by atoms with E-state index in [4.69, 9.17) is 11.6 Å². The Balaban J connectivity index is 2.61. The molecular formula is C8H6ClN5O2. The number of hydrogen-bond acceptors (Lipinski definition) is 5. The van der Waals surface area contributed by atoms with Crippen molar-refractivity contribution < 1.29 is 4.92 Å². The summed E-state index contributed by atoms with van der Waals surface area (Å²) >= 11 is 5.86. The highest BCUT2D eigenvalue weighted by atomic mass is 35.5. The van der Waals surface area contributed by atoms with Crippen LogP contribution in [0.15, 0.2) is 18.6 Å². The fourth-order valence-corrected chi connectivity index (χ4v) is 1.59. The Hall–Kier alpha value is -2.02. The van der Waals surface area contributed by atoms with Crippen molar-refractivity contribution in [1.82, 2.24) is 19.7 Å². The summed E-state index contributed by atoms with van der Waals surface area (Å²) in [7, 11) is 0. The van der Waals surface area contributed by atoms with Crippen LogP contribution in [-0.4, -0.2) is 24.7 Å². The van der Waals surface area contributed by atoms with Crippen LogP contribution in [-0.2, 0) is 0 Å². The Morgan fingerprint density at radius 2 is 2.31 bits per heavy atom. The second kappa shape index (κ2) is 3.86. The van der Waals surface area contributed by atoms with Gasteiger partial charge in [0.25, 0.3) is 0 Å². The number of aryl methyl sites for hydroxylation is 1. The van der Waals surface area contributed by atoms with E-state index >= 15 is 0 Å². The Bertz CT molecular complexity index is 539. The predicted octanol–water partition coefficient (Wildman–Crippen LogP) is 1.53. The Morgan fingerprint density at radius 3 is 2.81 bits per heavy atom. The van der Waals surface area contributed by atoms with Crippen LogP contribution in [0, 0.1) is 17.0 Å². The molecule has 7 nitrogen and oxygen atoms in total. The van der Waals surface area contributed by atoms with Gasteiger partial charge in [-0.05, 0) is 6.92 Å². The fourth-order valence-electron chi connectivity index (χ4n) is 1.26. The quantitative estimate of drug-likeness (QED) is 0.586. The zero-order valence-corrected chi connectivity index (χ0v) is 8.92. The van der Waals surface area contributed by atoms with Crippen LogP contribution in [0.3, 0.4) is 0 Å². The van der Waals surface area contributed by atoms with Crippen LogP contribution in [0.5, 0.6) is 0 Å². The van der Waals surface area contributed by atoms with Gasteiger partial charge >= 0.3 is 5.69 Å². The van der Waals surface area contributed by atoms with E-state index in [0.717, 1.165) is 0 Å². The first kappa shape index (κ1) is 10.5. The van der Waals surface area contributed by atoms with Gasteiger partial charge in [0.15, 0.2) is 5.82 Å². The molecule has 2 rings (SSSR count). The molecule has 0 bridgehead atoms. The van der Waals surface area contributed by atoms with E-state index in [2.05, 4.69) is 15.1 Å². The van der Waals surface area contributed by atoms with Crippen molar-refractivity contribution in [3.05, 3.63) is 39.6 Å². The van der Waals surface area contributed by atoms with Crippen molar-refractivity contribution in [1.29, 1.82) is 0 Å². The van der Waals surface area contributed by atoms with Gasteiger partial charge in [-0.15, -0.1) is 0 Å². The molecule has 2 heterocycles. The maximum atomic E-state index is 10.7. The minimum atomic E-state index is -0.567. The van der Waals surface area contributed by atoms with E-state index in [1.165, 1.54) is 24.1 Å². The molecule has 2 aromatic rings. The first-order chi connectivity index (χ1) is 7.61. The lowest BCUT2D eigenvalue weighted by Gasteiger charge is -1.98. The third-order valence-electron chi connectivity index (χ3n) is 1.94.